The number of hydrogen-bond donors (Lipinski definition) is 0. The zero-order valence-electron chi connectivity index (χ0n) is 14.9. The zero-order valence-corrected chi connectivity index (χ0v) is 14.9. The highest BCUT2D eigenvalue weighted by atomic mass is 16.5. The lowest BCUT2D eigenvalue weighted by molar-refractivity contribution is -0.140. The highest BCUT2D eigenvalue weighted by Gasteiger charge is 2.23. The summed E-state index contributed by atoms with van der Waals surface area (Å²) in [5.74, 6) is -0.789. The number of aryl methyl sites for hydroxylation is 1. The van der Waals surface area contributed by atoms with Crippen molar-refractivity contribution in [2.75, 3.05) is 32.8 Å². The third-order valence-electron chi connectivity index (χ3n) is 4.47. The minimum atomic E-state index is -0.539. The van der Waals surface area contributed by atoms with Crippen LogP contribution < -0.4 is 0 Å². The van der Waals surface area contributed by atoms with E-state index in [1.54, 1.807) is 21.9 Å². The average molecular weight is 355 g/mol. The summed E-state index contributed by atoms with van der Waals surface area (Å²) in [5.41, 5.74) is 1.83. The molecular formula is C19H21N3O4. The summed E-state index contributed by atoms with van der Waals surface area (Å²) < 4.78 is 5.24. The Kier molecular flexibility index (Phi) is 5.16. The molecule has 1 fully saturated rings. The van der Waals surface area contributed by atoms with Gasteiger partial charge < -0.3 is 14.5 Å². The van der Waals surface area contributed by atoms with Crippen molar-refractivity contribution in [1.29, 1.82) is 0 Å². The van der Waals surface area contributed by atoms with Crippen molar-refractivity contribution in [3.63, 3.8) is 0 Å². The molecule has 3 rings (SSSR count). The van der Waals surface area contributed by atoms with Gasteiger partial charge in [0, 0.05) is 44.2 Å². The van der Waals surface area contributed by atoms with Crippen molar-refractivity contribution in [1.82, 2.24) is 14.8 Å². The molecule has 0 saturated carbocycles. The Morgan fingerprint density at radius 2 is 1.73 bits per heavy atom. The van der Waals surface area contributed by atoms with Crippen LogP contribution in [0.25, 0.3) is 10.9 Å². The molecule has 0 atom stereocenters. The fourth-order valence-electron chi connectivity index (χ4n) is 3.04. The molecule has 0 unspecified atom stereocenters. The van der Waals surface area contributed by atoms with E-state index >= 15 is 0 Å². The topological polar surface area (TPSA) is 79.8 Å². The number of aromatic nitrogens is 1. The minimum Gasteiger partial charge on any atom is -0.452 e. The second kappa shape index (κ2) is 7.51. The van der Waals surface area contributed by atoms with Gasteiger partial charge in [-0.2, -0.15) is 0 Å². The number of hydrogen-bond acceptors (Lipinski definition) is 5. The van der Waals surface area contributed by atoms with Crippen LogP contribution in [0.5, 0.6) is 0 Å². The van der Waals surface area contributed by atoms with Crippen LogP contribution in [0, 0.1) is 6.92 Å². The molecule has 2 heterocycles. The van der Waals surface area contributed by atoms with Gasteiger partial charge in [0.15, 0.2) is 6.61 Å². The minimum absolute atomic E-state index is 0.00321. The average Bonchev–Trinajstić information content (AvgIpc) is 2.65. The number of rotatable bonds is 3. The number of esters is 1. The first-order valence-electron chi connectivity index (χ1n) is 8.52. The molecule has 1 aromatic carbocycles. The molecule has 1 aromatic heterocycles. The maximum absolute atomic E-state index is 12.5. The molecule has 136 valence electrons. The van der Waals surface area contributed by atoms with Gasteiger partial charge in [0.25, 0.3) is 5.91 Å². The van der Waals surface area contributed by atoms with Gasteiger partial charge in [0.05, 0.1) is 11.1 Å². The van der Waals surface area contributed by atoms with Gasteiger partial charge in [-0.05, 0) is 19.1 Å². The number of fused-ring (bicyclic) bond motifs is 1. The number of nitrogens with zero attached hydrogens (tertiary/aromatic N) is 3. The van der Waals surface area contributed by atoms with Crippen LogP contribution >= 0.6 is 0 Å². The molecule has 26 heavy (non-hydrogen) atoms. The lowest BCUT2D eigenvalue weighted by Gasteiger charge is -2.34. The van der Waals surface area contributed by atoms with Gasteiger partial charge >= 0.3 is 5.97 Å². The molecule has 0 radical (unpaired) electrons. The molecule has 7 nitrogen and oxygen atoms in total. The third-order valence-corrected chi connectivity index (χ3v) is 4.47. The van der Waals surface area contributed by atoms with Gasteiger partial charge in [-0.15, -0.1) is 0 Å². The van der Waals surface area contributed by atoms with Gasteiger partial charge in [-0.25, -0.2) is 4.79 Å². The maximum Gasteiger partial charge on any atom is 0.339 e. The number of carbonyl (C=O) groups is 3. The summed E-state index contributed by atoms with van der Waals surface area (Å²) >= 11 is 0. The van der Waals surface area contributed by atoms with Crippen LogP contribution in [0.1, 0.15) is 23.0 Å². The SMILES string of the molecule is CC(=O)N1CCN(C(=O)COC(=O)c2cc(C)nc3ccccc23)CC1. The van der Waals surface area contributed by atoms with E-state index in [0.717, 1.165) is 0 Å². The summed E-state index contributed by atoms with van der Waals surface area (Å²) in [6.45, 7) is 4.92. The van der Waals surface area contributed by atoms with E-state index in [1.165, 1.54) is 6.92 Å². The molecule has 0 N–H and O–H groups in total. The predicted octanol–water partition coefficient (Wildman–Crippen LogP) is 1.39. The second-order valence-electron chi connectivity index (χ2n) is 6.29. The zero-order chi connectivity index (χ0) is 18.7. The Hall–Kier alpha value is -2.96. The lowest BCUT2D eigenvalue weighted by Crippen LogP contribution is -2.51. The fourth-order valence-corrected chi connectivity index (χ4v) is 3.04. The van der Waals surface area contributed by atoms with Crippen LogP contribution in [-0.2, 0) is 14.3 Å². The highest BCUT2D eigenvalue weighted by Crippen LogP contribution is 2.19. The summed E-state index contributed by atoms with van der Waals surface area (Å²) in [6.07, 6.45) is 0. The predicted molar refractivity (Wildman–Crippen MR) is 95.6 cm³/mol. The van der Waals surface area contributed by atoms with E-state index in [1.807, 2.05) is 25.1 Å². The Morgan fingerprint density at radius 1 is 1.08 bits per heavy atom. The smallest absolute Gasteiger partial charge is 0.339 e. The van der Waals surface area contributed by atoms with Crippen LogP contribution in [0.3, 0.4) is 0 Å². The van der Waals surface area contributed by atoms with Crippen molar-refractivity contribution < 1.29 is 19.1 Å². The van der Waals surface area contributed by atoms with Gasteiger partial charge in [0.2, 0.25) is 5.91 Å². The number of benzene rings is 1. The van der Waals surface area contributed by atoms with Crippen molar-refractivity contribution in [3.05, 3.63) is 41.6 Å². The molecule has 2 amide bonds. The standard InChI is InChI=1S/C19H21N3O4/c1-13-11-16(15-5-3-4-6-17(15)20-13)19(25)26-12-18(24)22-9-7-21(8-10-22)14(2)23/h3-6,11H,7-10,12H2,1-2H3. The number of pyridine rings is 1. The Labute approximate surface area is 151 Å². The maximum atomic E-state index is 12.5. The highest BCUT2D eigenvalue weighted by molar-refractivity contribution is 6.04. The van der Waals surface area contributed by atoms with E-state index in [2.05, 4.69) is 4.98 Å². The number of piperazine rings is 1. The van der Waals surface area contributed by atoms with Crippen molar-refractivity contribution in [2.45, 2.75) is 13.8 Å². The van der Waals surface area contributed by atoms with Crippen LogP contribution in [0.4, 0.5) is 0 Å². The molecular weight excluding hydrogens is 334 g/mol. The summed E-state index contributed by atoms with van der Waals surface area (Å²) in [6, 6.07) is 8.99. The number of ether oxygens (including phenoxy) is 1. The summed E-state index contributed by atoms with van der Waals surface area (Å²) in [7, 11) is 0. The van der Waals surface area contributed by atoms with Crippen LogP contribution in [0.15, 0.2) is 30.3 Å². The van der Waals surface area contributed by atoms with E-state index < -0.39 is 5.97 Å². The van der Waals surface area contributed by atoms with E-state index in [4.69, 9.17) is 4.74 Å². The van der Waals surface area contributed by atoms with Gasteiger partial charge in [-0.1, -0.05) is 18.2 Å². The first-order chi connectivity index (χ1) is 12.5. The number of amides is 2. The fraction of sp³-hybridized carbons (Fsp3) is 0.368. The van der Waals surface area contributed by atoms with Gasteiger partial charge in [-0.3, -0.25) is 14.6 Å². The van der Waals surface area contributed by atoms with E-state index in [9.17, 15) is 14.4 Å². The summed E-state index contributed by atoms with van der Waals surface area (Å²) in [5, 5.41) is 0.700. The monoisotopic (exact) mass is 355 g/mol. The number of carbonyl (C=O) groups excluding carboxylic acids is 3. The first kappa shape index (κ1) is 17.8. The van der Waals surface area contributed by atoms with E-state index in [-0.39, 0.29) is 18.4 Å². The second-order valence-corrected chi connectivity index (χ2v) is 6.29. The Balaban J connectivity index is 1.63. The van der Waals surface area contributed by atoms with Crippen molar-refractivity contribution >= 4 is 28.7 Å². The van der Waals surface area contributed by atoms with E-state index in [0.29, 0.717) is 48.3 Å². The quantitative estimate of drug-likeness (QED) is 0.778. The van der Waals surface area contributed by atoms with Crippen LogP contribution in [-0.4, -0.2) is 65.4 Å². The molecule has 1 aliphatic rings. The molecule has 1 saturated heterocycles. The molecule has 7 heteroatoms. The first-order valence-corrected chi connectivity index (χ1v) is 8.52. The molecule has 0 spiro atoms. The molecule has 2 aromatic rings. The molecule has 0 bridgehead atoms. The molecule has 0 aliphatic carbocycles. The third kappa shape index (κ3) is 3.82. The largest absolute Gasteiger partial charge is 0.452 e. The Morgan fingerprint density at radius 3 is 2.42 bits per heavy atom. The van der Waals surface area contributed by atoms with Crippen LogP contribution in [0.2, 0.25) is 0 Å². The summed E-state index contributed by atoms with van der Waals surface area (Å²) in [4.78, 5) is 43.8. The van der Waals surface area contributed by atoms with Gasteiger partial charge in [0.1, 0.15) is 0 Å². The van der Waals surface area contributed by atoms with Crippen molar-refractivity contribution in [3.8, 4) is 0 Å². The number of para-hydroxylation sites is 1. The Bertz CT molecular complexity index is 857. The normalized spacial score (nSPS) is 14.4. The molecule has 1 aliphatic heterocycles. The lowest BCUT2D eigenvalue weighted by atomic mass is 10.1. The van der Waals surface area contributed by atoms with Crippen molar-refractivity contribution in [2.24, 2.45) is 0 Å².